The minimum atomic E-state index is -0.633. The number of carbonyl (C=O) groups excluding carboxylic acids is 1. The van der Waals surface area contributed by atoms with Gasteiger partial charge in [0.1, 0.15) is 17.6 Å². The lowest BCUT2D eigenvalue weighted by atomic mass is 9.92. The standard InChI is InChI=1S/C26H22FN3O5S/c27-18-6-3-5-15-17(18)11-36-20-7-2-1-4-16(20)22(15)30-21-10-35-26(13-34-14-26)12-28(21)25(33)23-24(32)19(31)8-9-29(23)30/h1-9,21-22,32H,10-14H2/t21-,22+/m1/s1. The molecule has 2 saturated heterocycles. The summed E-state index contributed by atoms with van der Waals surface area (Å²) < 4.78 is 28.3. The molecule has 0 aliphatic carbocycles. The molecule has 1 spiro atoms. The van der Waals surface area contributed by atoms with Gasteiger partial charge in [0.15, 0.2) is 11.4 Å². The van der Waals surface area contributed by atoms with E-state index in [2.05, 4.69) is 0 Å². The molecule has 0 radical (unpaired) electrons. The van der Waals surface area contributed by atoms with Crippen LogP contribution in [0, 0.1) is 5.82 Å². The molecular formula is C26H22FN3O5S. The highest BCUT2D eigenvalue weighted by atomic mass is 32.2. The first-order chi connectivity index (χ1) is 17.5. The zero-order valence-electron chi connectivity index (χ0n) is 19.1. The summed E-state index contributed by atoms with van der Waals surface area (Å²) in [6, 6.07) is 13.7. The van der Waals surface area contributed by atoms with Crippen molar-refractivity contribution < 1.29 is 23.8 Å². The molecule has 8 nitrogen and oxygen atoms in total. The highest BCUT2D eigenvalue weighted by Crippen LogP contribution is 2.45. The Labute approximate surface area is 209 Å². The van der Waals surface area contributed by atoms with Crippen molar-refractivity contribution in [3.8, 4) is 5.75 Å². The second kappa shape index (κ2) is 7.83. The van der Waals surface area contributed by atoms with E-state index in [9.17, 15) is 14.7 Å². The van der Waals surface area contributed by atoms with Gasteiger partial charge in [0.2, 0.25) is 5.43 Å². The number of pyridine rings is 1. The van der Waals surface area contributed by atoms with Crippen LogP contribution in [0.5, 0.6) is 5.75 Å². The average Bonchev–Trinajstić information content (AvgIpc) is 3.03. The number of thioether (sulfide) groups is 1. The van der Waals surface area contributed by atoms with Gasteiger partial charge < -0.3 is 19.5 Å². The van der Waals surface area contributed by atoms with Crippen molar-refractivity contribution in [2.75, 3.05) is 31.4 Å². The van der Waals surface area contributed by atoms with Gasteiger partial charge in [-0.15, -0.1) is 11.8 Å². The average molecular weight is 508 g/mol. The van der Waals surface area contributed by atoms with Gasteiger partial charge in [-0.25, -0.2) is 4.39 Å². The van der Waals surface area contributed by atoms with Gasteiger partial charge in [0, 0.05) is 28.5 Å². The van der Waals surface area contributed by atoms with Crippen molar-refractivity contribution in [3.63, 3.8) is 0 Å². The Kier molecular flexibility index (Phi) is 4.76. The predicted octanol–water partition coefficient (Wildman–Crippen LogP) is 2.61. The second-order valence-electron chi connectivity index (χ2n) is 9.54. The lowest BCUT2D eigenvalue weighted by Gasteiger charge is -2.57. The fraction of sp³-hybridized carbons (Fsp3) is 0.308. The first kappa shape index (κ1) is 21.9. The lowest BCUT2D eigenvalue weighted by Crippen LogP contribution is -2.73. The topological polar surface area (TPSA) is 84.2 Å². The number of morpholine rings is 1. The number of fused-ring (bicyclic) bond motifs is 4. The van der Waals surface area contributed by atoms with Crippen molar-refractivity contribution >= 4 is 17.7 Å². The smallest absolute Gasteiger partial charge is 0.278 e. The molecule has 0 unspecified atom stereocenters. The summed E-state index contributed by atoms with van der Waals surface area (Å²) in [4.78, 5) is 28.8. The Morgan fingerprint density at radius 2 is 1.86 bits per heavy atom. The lowest BCUT2D eigenvalue weighted by molar-refractivity contribution is -0.245. The number of aromatic nitrogens is 1. The molecule has 4 aliphatic heterocycles. The number of amides is 1. The van der Waals surface area contributed by atoms with Gasteiger partial charge in [0.25, 0.3) is 5.91 Å². The van der Waals surface area contributed by atoms with Crippen LogP contribution in [0.4, 0.5) is 4.39 Å². The second-order valence-corrected chi connectivity index (χ2v) is 10.6. The van der Waals surface area contributed by atoms with Crippen LogP contribution < -0.4 is 10.4 Å². The maximum Gasteiger partial charge on any atom is 0.278 e. The molecule has 2 fully saturated rings. The molecule has 2 aromatic carbocycles. The van der Waals surface area contributed by atoms with E-state index < -0.39 is 34.9 Å². The Morgan fingerprint density at radius 1 is 1.06 bits per heavy atom. The van der Waals surface area contributed by atoms with Gasteiger partial charge in [-0.1, -0.05) is 30.3 Å². The maximum atomic E-state index is 15.2. The molecule has 4 aliphatic rings. The van der Waals surface area contributed by atoms with E-state index in [1.54, 1.807) is 27.4 Å². The van der Waals surface area contributed by atoms with E-state index in [0.717, 1.165) is 16.0 Å². The number of hydrogen-bond acceptors (Lipinski definition) is 7. The van der Waals surface area contributed by atoms with Gasteiger partial charge >= 0.3 is 0 Å². The highest BCUT2D eigenvalue weighted by molar-refractivity contribution is 7.98. The molecule has 3 aromatic rings. The van der Waals surface area contributed by atoms with Crippen LogP contribution in [0.3, 0.4) is 0 Å². The summed E-state index contributed by atoms with van der Waals surface area (Å²) in [7, 11) is 0. The summed E-state index contributed by atoms with van der Waals surface area (Å²) in [5, 5.41) is 12.7. The molecule has 10 heteroatoms. The van der Waals surface area contributed by atoms with Gasteiger partial charge in [-0.2, -0.15) is 0 Å². The molecule has 5 heterocycles. The normalized spacial score (nSPS) is 23.8. The van der Waals surface area contributed by atoms with Crippen LogP contribution in [-0.2, 0) is 15.2 Å². The number of rotatable bonds is 1. The third-order valence-electron chi connectivity index (χ3n) is 7.46. The summed E-state index contributed by atoms with van der Waals surface area (Å²) >= 11 is 1.56. The number of nitrogens with zero attached hydrogens (tertiary/aromatic N) is 3. The van der Waals surface area contributed by atoms with E-state index >= 15 is 4.39 Å². The maximum absolute atomic E-state index is 15.2. The molecule has 0 bridgehead atoms. The third kappa shape index (κ3) is 3.01. The summed E-state index contributed by atoms with van der Waals surface area (Å²) in [6.07, 6.45) is 0.943. The molecule has 1 N–H and O–H groups in total. The molecule has 184 valence electrons. The van der Waals surface area contributed by atoms with Crippen LogP contribution >= 0.6 is 11.8 Å². The van der Waals surface area contributed by atoms with Crippen molar-refractivity contribution in [2.24, 2.45) is 0 Å². The van der Waals surface area contributed by atoms with Gasteiger partial charge in [-0.3, -0.25) is 19.3 Å². The number of hydrogen-bond donors (Lipinski definition) is 1. The number of carbonyl (C=O) groups is 1. The molecule has 1 amide bonds. The van der Waals surface area contributed by atoms with Crippen LogP contribution in [0.15, 0.2) is 64.4 Å². The molecule has 2 atom stereocenters. The summed E-state index contributed by atoms with van der Waals surface area (Å²) in [6.45, 7) is 1.19. The van der Waals surface area contributed by atoms with Crippen molar-refractivity contribution in [2.45, 2.75) is 28.5 Å². The SMILES string of the molecule is O=C1c2c(O)c(=O)ccn2N([C@@H]2c3ccccc3SCc3c(F)cccc32)[C@@H]2COC3(COC3)CN12. The predicted molar refractivity (Wildman–Crippen MR) is 129 cm³/mol. The number of benzene rings is 2. The largest absolute Gasteiger partial charge is 0.502 e. The zero-order chi connectivity index (χ0) is 24.6. The van der Waals surface area contributed by atoms with E-state index in [4.69, 9.17) is 9.47 Å². The summed E-state index contributed by atoms with van der Waals surface area (Å²) in [5.41, 5.74) is 0.941. The fourth-order valence-electron chi connectivity index (χ4n) is 5.64. The van der Waals surface area contributed by atoms with E-state index in [-0.39, 0.29) is 24.7 Å². The molecular weight excluding hydrogens is 485 g/mol. The van der Waals surface area contributed by atoms with E-state index in [0.29, 0.717) is 24.5 Å². The van der Waals surface area contributed by atoms with Crippen LogP contribution in [0.25, 0.3) is 0 Å². The molecule has 1 aromatic heterocycles. The van der Waals surface area contributed by atoms with Crippen LogP contribution in [-0.4, -0.2) is 58.7 Å². The van der Waals surface area contributed by atoms with Crippen LogP contribution in [0.1, 0.15) is 33.2 Å². The monoisotopic (exact) mass is 507 g/mol. The number of ether oxygens (including phenoxy) is 2. The van der Waals surface area contributed by atoms with E-state index in [1.165, 1.54) is 18.3 Å². The minimum Gasteiger partial charge on any atom is -0.502 e. The number of aromatic hydroxyl groups is 1. The molecule has 7 rings (SSSR count). The van der Waals surface area contributed by atoms with Gasteiger partial charge in [0.05, 0.1) is 32.4 Å². The highest BCUT2D eigenvalue weighted by Gasteiger charge is 2.54. The Balaban J connectivity index is 1.49. The minimum absolute atomic E-state index is 0.108. The van der Waals surface area contributed by atoms with Gasteiger partial charge in [-0.05, 0) is 23.3 Å². The summed E-state index contributed by atoms with van der Waals surface area (Å²) in [5.74, 6) is -0.893. The number of halogens is 1. The quantitative estimate of drug-likeness (QED) is 0.542. The fourth-order valence-corrected chi connectivity index (χ4v) is 6.77. The van der Waals surface area contributed by atoms with Crippen molar-refractivity contribution in [1.82, 2.24) is 9.58 Å². The zero-order valence-corrected chi connectivity index (χ0v) is 19.9. The Morgan fingerprint density at radius 3 is 2.67 bits per heavy atom. The Bertz CT molecular complexity index is 1470. The van der Waals surface area contributed by atoms with Crippen molar-refractivity contribution in [3.05, 3.63) is 93.2 Å². The van der Waals surface area contributed by atoms with Crippen molar-refractivity contribution in [1.29, 1.82) is 0 Å². The first-order valence-corrected chi connectivity index (χ1v) is 12.7. The molecule has 0 saturated carbocycles. The molecule has 36 heavy (non-hydrogen) atoms. The Hall–Kier alpha value is -3.34. The third-order valence-corrected chi connectivity index (χ3v) is 8.57. The first-order valence-electron chi connectivity index (χ1n) is 11.7. The van der Waals surface area contributed by atoms with Crippen LogP contribution in [0.2, 0.25) is 0 Å². The van der Waals surface area contributed by atoms with E-state index in [1.807, 2.05) is 35.3 Å².